The smallest absolute Gasteiger partial charge is 0.137 e. The van der Waals surface area contributed by atoms with Gasteiger partial charge in [-0.3, -0.25) is 4.68 Å². The van der Waals surface area contributed by atoms with E-state index < -0.39 is 0 Å². The molecule has 0 amide bonds. The van der Waals surface area contributed by atoms with Gasteiger partial charge in [0.2, 0.25) is 0 Å². The number of nitrogens with zero attached hydrogens (tertiary/aromatic N) is 3. The second kappa shape index (κ2) is 4.55. The lowest BCUT2D eigenvalue weighted by molar-refractivity contribution is 0.0664. The molecule has 1 aliphatic rings. The van der Waals surface area contributed by atoms with E-state index in [4.69, 9.17) is 0 Å². The van der Waals surface area contributed by atoms with Gasteiger partial charge in [0, 0.05) is 0 Å². The fourth-order valence-electron chi connectivity index (χ4n) is 2.19. The zero-order chi connectivity index (χ0) is 9.80. The number of aliphatic hydroxyl groups excluding tert-OH is 1. The van der Waals surface area contributed by atoms with Crippen LogP contribution in [0.1, 0.15) is 32.1 Å². The Labute approximate surface area is 84.0 Å². The molecule has 0 aromatic carbocycles. The molecule has 1 aromatic rings. The van der Waals surface area contributed by atoms with Crippen LogP contribution in [-0.4, -0.2) is 26.0 Å². The Bertz CT molecular complexity index is 254. The van der Waals surface area contributed by atoms with Gasteiger partial charge in [0.15, 0.2) is 0 Å². The van der Waals surface area contributed by atoms with Crippen LogP contribution >= 0.6 is 0 Å². The predicted molar refractivity (Wildman–Crippen MR) is 52.6 cm³/mol. The van der Waals surface area contributed by atoms with Crippen LogP contribution < -0.4 is 0 Å². The number of hydrogen-bond acceptors (Lipinski definition) is 3. The minimum atomic E-state index is -0.253. The van der Waals surface area contributed by atoms with Crippen LogP contribution in [0, 0.1) is 5.92 Å². The van der Waals surface area contributed by atoms with Gasteiger partial charge in [-0.05, 0) is 18.8 Å². The Hall–Kier alpha value is -0.900. The van der Waals surface area contributed by atoms with Crippen molar-refractivity contribution >= 4 is 0 Å². The van der Waals surface area contributed by atoms with Gasteiger partial charge < -0.3 is 5.11 Å². The molecule has 1 atom stereocenters. The average molecular weight is 195 g/mol. The van der Waals surface area contributed by atoms with Gasteiger partial charge in [-0.15, -0.1) is 0 Å². The molecule has 0 saturated heterocycles. The van der Waals surface area contributed by atoms with Crippen LogP contribution in [0.5, 0.6) is 0 Å². The summed E-state index contributed by atoms with van der Waals surface area (Å²) in [7, 11) is 0. The lowest BCUT2D eigenvalue weighted by Crippen LogP contribution is -2.27. The second-order valence-electron chi connectivity index (χ2n) is 4.08. The molecule has 14 heavy (non-hydrogen) atoms. The van der Waals surface area contributed by atoms with Crippen molar-refractivity contribution in [1.82, 2.24) is 14.8 Å². The van der Waals surface area contributed by atoms with Gasteiger partial charge in [-0.1, -0.05) is 19.3 Å². The van der Waals surface area contributed by atoms with Crippen LogP contribution in [0.3, 0.4) is 0 Å². The lowest BCUT2D eigenvalue weighted by Gasteiger charge is -2.26. The van der Waals surface area contributed by atoms with Crippen molar-refractivity contribution in [3.8, 4) is 0 Å². The highest BCUT2D eigenvalue weighted by Gasteiger charge is 2.21. The van der Waals surface area contributed by atoms with E-state index in [0.717, 1.165) is 12.8 Å². The predicted octanol–water partition coefficient (Wildman–Crippen LogP) is 1.22. The largest absolute Gasteiger partial charge is 0.391 e. The Kier molecular flexibility index (Phi) is 3.14. The quantitative estimate of drug-likeness (QED) is 0.789. The SMILES string of the molecule is OC(Cn1cncn1)C1CCCCC1. The molecular weight excluding hydrogens is 178 g/mol. The maximum Gasteiger partial charge on any atom is 0.137 e. The van der Waals surface area contributed by atoms with Crippen LogP contribution in [0.4, 0.5) is 0 Å². The minimum Gasteiger partial charge on any atom is -0.391 e. The van der Waals surface area contributed by atoms with Crippen molar-refractivity contribution in [2.75, 3.05) is 0 Å². The monoisotopic (exact) mass is 195 g/mol. The number of aromatic nitrogens is 3. The maximum absolute atomic E-state index is 9.96. The van der Waals surface area contributed by atoms with Gasteiger partial charge in [0.1, 0.15) is 12.7 Å². The standard InChI is InChI=1S/C10H17N3O/c14-10(6-13-8-11-7-12-13)9-4-2-1-3-5-9/h7-10,14H,1-6H2. The third kappa shape index (κ3) is 2.32. The van der Waals surface area contributed by atoms with E-state index in [1.165, 1.54) is 25.6 Å². The van der Waals surface area contributed by atoms with E-state index in [-0.39, 0.29) is 6.10 Å². The first kappa shape index (κ1) is 9.65. The zero-order valence-electron chi connectivity index (χ0n) is 8.34. The Morgan fingerprint density at radius 2 is 2.14 bits per heavy atom. The first-order valence-corrected chi connectivity index (χ1v) is 5.37. The molecule has 0 spiro atoms. The topological polar surface area (TPSA) is 50.9 Å². The summed E-state index contributed by atoms with van der Waals surface area (Å²) in [6, 6.07) is 0. The van der Waals surface area contributed by atoms with Crippen molar-refractivity contribution in [3.05, 3.63) is 12.7 Å². The first-order valence-electron chi connectivity index (χ1n) is 5.37. The van der Waals surface area contributed by atoms with E-state index >= 15 is 0 Å². The molecule has 2 rings (SSSR count). The van der Waals surface area contributed by atoms with Gasteiger partial charge in [0.25, 0.3) is 0 Å². The van der Waals surface area contributed by atoms with Crippen LogP contribution in [0.15, 0.2) is 12.7 Å². The number of hydrogen-bond donors (Lipinski definition) is 1. The fourth-order valence-corrected chi connectivity index (χ4v) is 2.19. The van der Waals surface area contributed by atoms with Gasteiger partial charge in [0.05, 0.1) is 12.6 Å². The summed E-state index contributed by atoms with van der Waals surface area (Å²) in [5.41, 5.74) is 0. The maximum atomic E-state index is 9.96. The minimum absolute atomic E-state index is 0.253. The lowest BCUT2D eigenvalue weighted by atomic mass is 9.85. The Morgan fingerprint density at radius 1 is 1.36 bits per heavy atom. The summed E-state index contributed by atoms with van der Waals surface area (Å²) in [6.45, 7) is 0.588. The third-order valence-corrected chi connectivity index (χ3v) is 3.03. The molecule has 0 aliphatic heterocycles. The first-order chi connectivity index (χ1) is 6.86. The van der Waals surface area contributed by atoms with Crippen molar-refractivity contribution in [2.45, 2.75) is 44.8 Å². The van der Waals surface area contributed by atoms with E-state index in [1.807, 2.05) is 0 Å². The zero-order valence-corrected chi connectivity index (χ0v) is 8.34. The fraction of sp³-hybridized carbons (Fsp3) is 0.800. The molecule has 0 radical (unpaired) electrons. The molecule has 0 bridgehead atoms. The third-order valence-electron chi connectivity index (χ3n) is 3.03. The molecule has 1 fully saturated rings. The number of rotatable bonds is 3. The average Bonchev–Trinajstić information content (AvgIpc) is 2.72. The summed E-state index contributed by atoms with van der Waals surface area (Å²) in [5, 5.41) is 14.0. The molecule has 1 saturated carbocycles. The van der Waals surface area contributed by atoms with Gasteiger partial charge in [-0.25, -0.2) is 4.98 Å². The Morgan fingerprint density at radius 3 is 2.79 bits per heavy atom. The highest BCUT2D eigenvalue weighted by Crippen LogP contribution is 2.26. The molecule has 78 valence electrons. The molecule has 1 heterocycles. The van der Waals surface area contributed by atoms with Crippen LogP contribution in [0.2, 0.25) is 0 Å². The molecule has 1 aliphatic carbocycles. The Balaban J connectivity index is 1.85. The second-order valence-corrected chi connectivity index (χ2v) is 4.08. The summed E-state index contributed by atoms with van der Waals surface area (Å²) in [6.07, 6.45) is 9.09. The normalized spacial score (nSPS) is 20.9. The molecule has 4 heteroatoms. The van der Waals surface area contributed by atoms with Gasteiger partial charge >= 0.3 is 0 Å². The van der Waals surface area contributed by atoms with E-state index in [2.05, 4.69) is 10.1 Å². The van der Waals surface area contributed by atoms with E-state index in [0.29, 0.717) is 12.5 Å². The van der Waals surface area contributed by atoms with Crippen molar-refractivity contribution < 1.29 is 5.11 Å². The van der Waals surface area contributed by atoms with Crippen molar-refractivity contribution in [1.29, 1.82) is 0 Å². The molecular formula is C10H17N3O. The van der Waals surface area contributed by atoms with Crippen LogP contribution in [0.25, 0.3) is 0 Å². The summed E-state index contributed by atoms with van der Waals surface area (Å²) >= 11 is 0. The molecule has 1 N–H and O–H groups in total. The summed E-state index contributed by atoms with van der Waals surface area (Å²) < 4.78 is 1.71. The number of aliphatic hydroxyl groups is 1. The highest BCUT2D eigenvalue weighted by atomic mass is 16.3. The van der Waals surface area contributed by atoms with Crippen molar-refractivity contribution in [3.63, 3.8) is 0 Å². The highest BCUT2D eigenvalue weighted by molar-refractivity contribution is 4.73. The van der Waals surface area contributed by atoms with Crippen LogP contribution in [-0.2, 0) is 6.54 Å². The molecule has 4 nitrogen and oxygen atoms in total. The van der Waals surface area contributed by atoms with E-state index in [9.17, 15) is 5.11 Å². The molecule has 1 unspecified atom stereocenters. The van der Waals surface area contributed by atoms with Gasteiger partial charge in [-0.2, -0.15) is 5.10 Å². The summed E-state index contributed by atoms with van der Waals surface area (Å²) in [5.74, 6) is 0.466. The van der Waals surface area contributed by atoms with Crippen molar-refractivity contribution in [2.24, 2.45) is 5.92 Å². The van der Waals surface area contributed by atoms with E-state index in [1.54, 1.807) is 11.0 Å². The molecule has 1 aromatic heterocycles. The summed E-state index contributed by atoms with van der Waals surface area (Å²) in [4.78, 5) is 3.86.